The molecule has 0 amide bonds. The van der Waals surface area contributed by atoms with Crippen LogP contribution in [0.5, 0.6) is 0 Å². The Morgan fingerprint density at radius 2 is 1.65 bits per heavy atom. The molecule has 26 heavy (non-hydrogen) atoms. The van der Waals surface area contributed by atoms with Gasteiger partial charge in [-0.05, 0) is 31.0 Å². The van der Waals surface area contributed by atoms with E-state index in [9.17, 15) is 13.2 Å². The molecule has 0 atom stereocenters. The van der Waals surface area contributed by atoms with Crippen LogP contribution in [-0.4, -0.2) is 36.7 Å². The van der Waals surface area contributed by atoms with E-state index in [-0.39, 0.29) is 10.6 Å². The minimum Gasteiger partial charge on any atom is -0.313 e. The minimum atomic E-state index is -3.60. The summed E-state index contributed by atoms with van der Waals surface area (Å²) in [6.45, 7) is 0.973. The highest BCUT2D eigenvalue weighted by Crippen LogP contribution is 2.18. The summed E-state index contributed by atoms with van der Waals surface area (Å²) < 4.78 is 30.7. The Labute approximate surface area is 154 Å². The SMILES string of the molecule is Cn1c(=O)n(C)c2cc(S(=O)(=O)NCCNC3CCCCCC3)ccc21. The smallest absolute Gasteiger partial charge is 0.313 e. The number of rotatable bonds is 6. The predicted octanol–water partition coefficient (Wildman–Crippen LogP) is 1.47. The second-order valence-electron chi connectivity index (χ2n) is 7.09. The summed E-state index contributed by atoms with van der Waals surface area (Å²) in [6, 6.07) is 5.27. The fourth-order valence-corrected chi connectivity index (χ4v) is 4.73. The van der Waals surface area contributed by atoms with Gasteiger partial charge < -0.3 is 5.32 Å². The van der Waals surface area contributed by atoms with E-state index in [1.165, 1.54) is 47.7 Å². The highest BCUT2D eigenvalue weighted by atomic mass is 32.2. The van der Waals surface area contributed by atoms with Gasteiger partial charge in [-0.15, -0.1) is 0 Å². The standard InChI is InChI=1S/C18H28N4O3S/c1-21-16-10-9-15(13-17(16)22(2)18(21)23)26(24,25)20-12-11-19-14-7-5-3-4-6-8-14/h9-10,13-14,19-20H,3-8,11-12H2,1-2H3. The first-order chi connectivity index (χ1) is 12.4. The van der Waals surface area contributed by atoms with Gasteiger partial charge in [-0.1, -0.05) is 25.7 Å². The van der Waals surface area contributed by atoms with Crippen LogP contribution in [0.2, 0.25) is 0 Å². The molecular formula is C18H28N4O3S. The highest BCUT2D eigenvalue weighted by molar-refractivity contribution is 7.89. The number of imidazole rings is 1. The highest BCUT2D eigenvalue weighted by Gasteiger charge is 2.17. The first-order valence-electron chi connectivity index (χ1n) is 9.28. The molecule has 2 aromatic rings. The number of aryl methyl sites for hydroxylation is 2. The predicted molar refractivity (Wildman–Crippen MR) is 103 cm³/mol. The Hall–Kier alpha value is -1.64. The molecule has 0 unspecified atom stereocenters. The Morgan fingerprint density at radius 3 is 2.35 bits per heavy atom. The van der Waals surface area contributed by atoms with Gasteiger partial charge in [0.25, 0.3) is 0 Å². The van der Waals surface area contributed by atoms with E-state index < -0.39 is 10.0 Å². The zero-order chi connectivity index (χ0) is 18.7. The molecule has 1 heterocycles. The zero-order valence-electron chi connectivity index (χ0n) is 15.5. The lowest BCUT2D eigenvalue weighted by molar-refractivity contribution is 0.461. The molecule has 1 saturated carbocycles. The first-order valence-corrected chi connectivity index (χ1v) is 10.8. The number of hydrogen-bond donors (Lipinski definition) is 2. The molecule has 2 N–H and O–H groups in total. The molecule has 0 saturated heterocycles. The number of sulfonamides is 1. The third-order valence-electron chi connectivity index (χ3n) is 5.26. The molecule has 1 aromatic heterocycles. The molecule has 1 aliphatic carbocycles. The molecule has 1 aliphatic rings. The van der Waals surface area contributed by atoms with Gasteiger partial charge in [0.15, 0.2) is 0 Å². The molecule has 0 aliphatic heterocycles. The molecule has 0 bridgehead atoms. The lowest BCUT2D eigenvalue weighted by Crippen LogP contribution is -2.36. The normalized spacial score (nSPS) is 16.8. The third-order valence-corrected chi connectivity index (χ3v) is 6.72. The van der Waals surface area contributed by atoms with Crippen LogP contribution in [0.4, 0.5) is 0 Å². The van der Waals surface area contributed by atoms with Crippen molar-refractivity contribution in [3.05, 3.63) is 28.7 Å². The molecule has 3 rings (SSSR count). The van der Waals surface area contributed by atoms with Crippen molar-refractivity contribution in [3.63, 3.8) is 0 Å². The Kier molecular flexibility index (Phi) is 5.84. The van der Waals surface area contributed by atoms with Crippen molar-refractivity contribution in [3.8, 4) is 0 Å². The van der Waals surface area contributed by atoms with Crippen molar-refractivity contribution in [1.29, 1.82) is 0 Å². The van der Waals surface area contributed by atoms with Gasteiger partial charge in [-0.2, -0.15) is 0 Å². The maximum absolute atomic E-state index is 12.6. The van der Waals surface area contributed by atoms with E-state index in [2.05, 4.69) is 10.0 Å². The summed E-state index contributed by atoms with van der Waals surface area (Å²) in [7, 11) is -0.276. The second kappa shape index (κ2) is 7.94. The van der Waals surface area contributed by atoms with Crippen molar-refractivity contribution >= 4 is 21.1 Å². The molecule has 8 heteroatoms. The third kappa shape index (κ3) is 4.02. The number of nitrogens with zero attached hydrogens (tertiary/aromatic N) is 2. The van der Waals surface area contributed by atoms with E-state index in [0.717, 1.165) is 0 Å². The molecule has 0 spiro atoms. The van der Waals surface area contributed by atoms with Crippen LogP contribution in [0.3, 0.4) is 0 Å². The summed E-state index contributed by atoms with van der Waals surface area (Å²) in [5.74, 6) is 0. The average Bonchev–Trinajstić information content (AvgIpc) is 2.83. The monoisotopic (exact) mass is 380 g/mol. The van der Waals surface area contributed by atoms with E-state index in [4.69, 9.17) is 0 Å². The van der Waals surface area contributed by atoms with Crippen LogP contribution < -0.4 is 15.7 Å². The molecule has 7 nitrogen and oxygen atoms in total. The van der Waals surface area contributed by atoms with Crippen LogP contribution in [0, 0.1) is 0 Å². The maximum Gasteiger partial charge on any atom is 0.328 e. The number of hydrogen-bond acceptors (Lipinski definition) is 4. The molecule has 0 radical (unpaired) electrons. The van der Waals surface area contributed by atoms with Crippen LogP contribution >= 0.6 is 0 Å². The largest absolute Gasteiger partial charge is 0.328 e. The molecule has 144 valence electrons. The maximum atomic E-state index is 12.6. The van der Waals surface area contributed by atoms with Gasteiger partial charge in [0.1, 0.15) is 0 Å². The number of fused-ring (bicyclic) bond motifs is 1. The van der Waals surface area contributed by atoms with Crippen LogP contribution in [-0.2, 0) is 24.1 Å². The minimum absolute atomic E-state index is 0.171. The average molecular weight is 381 g/mol. The molecule has 1 fully saturated rings. The van der Waals surface area contributed by atoms with Gasteiger partial charge in [-0.3, -0.25) is 9.13 Å². The van der Waals surface area contributed by atoms with Crippen molar-refractivity contribution in [2.75, 3.05) is 13.1 Å². The zero-order valence-corrected chi connectivity index (χ0v) is 16.3. The summed E-state index contributed by atoms with van der Waals surface area (Å²) in [6.07, 6.45) is 7.44. The van der Waals surface area contributed by atoms with Crippen molar-refractivity contribution in [2.45, 2.75) is 49.5 Å². The van der Waals surface area contributed by atoms with E-state index in [1.807, 2.05) is 0 Å². The van der Waals surface area contributed by atoms with E-state index >= 15 is 0 Å². The van der Waals surface area contributed by atoms with E-state index in [0.29, 0.717) is 30.2 Å². The Morgan fingerprint density at radius 1 is 1.00 bits per heavy atom. The summed E-state index contributed by atoms with van der Waals surface area (Å²) in [5.41, 5.74) is 1.15. The lowest BCUT2D eigenvalue weighted by Gasteiger charge is -2.16. The van der Waals surface area contributed by atoms with Gasteiger partial charge >= 0.3 is 5.69 Å². The van der Waals surface area contributed by atoms with Crippen molar-refractivity contribution in [1.82, 2.24) is 19.2 Å². The molecule has 1 aromatic carbocycles. The Bertz CT molecular complexity index is 922. The van der Waals surface area contributed by atoms with Gasteiger partial charge in [-0.25, -0.2) is 17.9 Å². The number of aromatic nitrogens is 2. The number of benzene rings is 1. The Balaban J connectivity index is 1.63. The second-order valence-corrected chi connectivity index (χ2v) is 8.86. The summed E-state index contributed by atoms with van der Waals surface area (Å²) >= 11 is 0. The van der Waals surface area contributed by atoms with Gasteiger partial charge in [0.2, 0.25) is 10.0 Å². The fraction of sp³-hybridized carbons (Fsp3) is 0.611. The first kappa shape index (κ1) is 19.1. The van der Waals surface area contributed by atoms with Crippen LogP contribution in [0.1, 0.15) is 38.5 Å². The fourth-order valence-electron chi connectivity index (χ4n) is 3.68. The topological polar surface area (TPSA) is 85.1 Å². The van der Waals surface area contributed by atoms with Crippen molar-refractivity contribution in [2.24, 2.45) is 14.1 Å². The lowest BCUT2D eigenvalue weighted by atomic mass is 10.1. The van der Waals surface area contributed by atoms with Crippen LogP contribution in [0.25, 0.3) is 11.0 Å². The van der Waals surface area contributed by atoms with E-state index in [1.54, 1.807) is 32.3 Å². The quantitative estimate of drug-likeness (QED) is 0.587. The molecular weight excluding hydrogens is 352 g/mol. The van der Waals surface area contributed by atoms with Gasteiger partial charge in [0, 0.05) is 33.2 Å². The van der Waals surface area contributed by atoms with Crippen LogP contribution in [0.15, 0.2) is 27.9 Å². The number of nitrogens with one attached hydrogen (secondary N) is 2. The van der Waals surface area contributed by atoms with Gasteiger partial charge in [0.05, 0.1) is 15.9 Å². The summed E-state index contributed by atoms with van der Waals surface area (Å²) in [4.78, 5) is 12.2. The van der Waals surface area contributed by atoms with Crippen molar-refractivity contribution < 1.29 is 8.42 Å². The summed E-state index contributed by atoms with van der Waals surface area (Å²) in [5, 5.41) is 3.46.